The molecule has 0 bridgehead atoms. The lowest BCUT2D eigenvalue weighted by atomic mass is 10.1. The molecule has 3 rings (SSSR count). The minimum atomic E-state index is 0.404. The lowest BCUT2D eigenvalue weighted by Crippen LogP contribution is -2.10. The molecule has 1 aromatic carbocycles. The van der Waals surface area contributed by atoms with Crippen LogP contribution < -0.4 is 10.5 Å². The molecule has 0 radical (unpaired) electrons. The zero-order chi connectivity index (χ0) is 13.1. The molecule has 3 N–H and O–H groups in total. The maximum Gasteiger partial charge on any atom is 0.120 e. The second kappa shape index (κ2) is 5.45. The van der Waals surface area contributed by atoms with Gasteiger partial charge in [-0.1, -0.05) is 0 Å². The molecule has 0 amide bonds. The molecule has 0 unspecified atom stereocenters. The molecule has 4 heteroatoms. The fraction of sp³-hybridized carbons (Fsp3) is 0.400. The number of nitrogens with two attached hydrogens (primary N) is 1. The number of H-pyrrole nitrogens is 1. The van der Waals surface area contributed by atoms with E-state index in [0.29, 0.717) is 12.6 Å². The Balaban J connectivity index is 1.70. The minimum Gasteiger partial charge on any atom is -0.490 e. The Morgan fingerprint density at radius 2 is 1.95 bits per heavy atom. The summed E-state index contributed by atoms with van der Waals surface area (Å²) in [5.41, 5.74) is 7.64. The van der Waals surface area contributed by atoms with Crippen LogP contribution >= 0.6 is 0 Å². The number of nitrogens with one attached hydrogen (secondary N) is 1. The van der Waals surface area contributed by atoms with Gasteiger partial charge in [0.25, 0.3) is 0 Å². The van der Waals surface area contributed by atoms with Gasteiger partial charge in [-0.2, -0.15) is 0 Å². The molecule has 19 heavy (non-hydrogen) atoms. The number of benzene rings is 1. The summed E-state index contributed by atoms with van der Waals surface area (Å²) in [5, 5.41) is 0. The number of nitrogens with zero attached hydrogens (tertiary/aromatic N) is 1. The van der Waals surface area contributed by atoms with Crippen molar-refractivity contribution in [1.29, 1.82) is 0 Å². The predicted octanol–water partition coefficient (Wildman–Crippen LogP) is 2.86. The highest BCUT2D eigenvalue weighted by Crippen LogP contribution is 2.26. The van der Waals surface area contributed by atoms with E-state index in [4.69, 9.17) is 10.5 Å². The van der Waals surface area contributed by atoms with Crippen molar-refractivity contribution in [2.24, 2.45) is 5.73 Å². The van der Waals surface area contributed by atoms with Crippen molar-refractivity contribution < 1.29 is 4.74 Å². The van der Waals surface area contributed by atoms with Gasteiger partial charge in [0.05, 0.1) is 24.5 Å². The van der Waals surface area contributed by atoms with E-state index >= 15 is 0 Å². The van der Waals surface area contributed by atoms with E-state index in [1.165, 1.54) is 25.7 Å². The average Bonchev–Trinajstić information content (AvgIpc) is 3.10. The second-order valence-corrected chi connectivity index (χ2v) is 5.00. The predicted molar refractivity (Wildman–Crippen MR) is 74.8 cm³/mol. The van der Waals surface area contributed by atoms with E-state index in [1.54, 1.807) is 0 Å². The summed E-state index contributed by atoms with van der Waals surface area (Å²) >= 11 is 0. The van der Waals surface area contributed by atoms with E-state index in [1.807, 2.05) is 18.3 Å². The van der Waals surface area contributed by atoms with Gasteiger partial charge in [0.2, 0.25) is 0 Å². The Morgan fingerprint density at radius 3 is 2.58 bits per heavy atom. The zero-order valence-electron chi connectivity index (χ0n) is 10.9. The monoisotopic (exact) mass is 257 g/mol. The van der Waals surface area contributed by atoms with Crippen molar-refractivity contribution in [2.45, 2.75) is 38.3 Å². The van der Waals surface area contributed by atoms with Crippen LogP contribution in [0.4, 0.5) is 0 Å². The number of rotatable bonds is 4. The van der Waals surface area contributed by atoms with E-state index in [-0.39, 0.29) is 0 Å². The third-order valence-corrected chi connectivity index (χ3v) is 3.59. The Hall–Kier alpha value is -1.81. The third-order valence-electron chi connectivity index (χ3n) is 3.59. The standard InChI is InChI=1S/C15H19N3O/c16-9-15-17-10-14(18-15)11-5-7-13(8-6-11)19-12-3-1-2-4-12/h5-8,10,12H,1-4,9,16H2,(H,17,18). The minimum absolute atomic E-state index is 0.404. The summed E-state index contributed by atoms with van der Waals surface area (Å²) in [4.78, 5) is 7.40. The molecule has 1 aliphatic rings. The maximum atomic E-state index is 5.95. The van der Waals surface area contributed by atoms with Crippen LogP contribution in [0.15, 0.2) is 30.5 Å². The lowest BCUT2D eigenvalue weighted by molar-refractivity contribution is 0.210. The summed E-state index contributed by atoms with van der Waals surface area (Å²) in [5.74, 6) is 1.76. The van der Waals surface area contributed by atoms with E-state index in [9.17, 15) is 0 Å². The summed E-state index contributed by atoms with van der Waals surface area (Å²) in [7, 11) is 0. The lowest BCUT2D eigenvalue weighted by Gasteiger charge is -2.13. The molecule has 1 fully saturated rings. The molecule has 1 aromatic heterocycles. The van der Waals surface area contributed by atoms with Gasteiger partial charge in [-0.05, 0) is 55.5 Å². The van der Waals surface area contributed by atoms with E-state index < -0.39 is 0 Å². The molecule has 0 atom stereocenters. The van der Waals surface area contributed by atoms with Crippen LogP contribution in [-0.2, 0) is 6.54 Å². The van der Waals surface area contributed by atoms with Crippen molar-refractivity contribution in [3.8, 4) is 17.0 Å². The largest absolute Gasteiger partial charge is 0.490 e. The Kier molecular flexibility index (Phi) is 3.51. The Labute approximate surface area is 113 Å². The summed E-state index contributed by atoms with van der Waals surface area (Å²) < 4.78 is 5.95. The second-order valence-electron chi connectivity index (χ2n) is 5.00. The first-order valence-electron chi connectivity index (χ1n) is 6.86. The highest BCUT2D eigenvalue weighted by molar-refractivity contribution is 5.59. The van der Waals surface area contributed by atoms with E-state index in [2.05, 4.69) is 22.1 Å². The molecule has 1 heterocycles. The SMILES string of the molecule is NCc1ncc(-c2ccc(OC3CCCC3)cc2)[nH]1. The molecule has 0 aliphatic heterocycles. The van der Waals surface area contributed by atoms with Gasteiger partial charge in [-0.25, -0.2) is 4.98 Å². The fourth-order valence-corrected chi connectivity index (χ4v) is 2.52. The molecule has 100 valence electrons. The van der Waals surface area contributed by atoms with Crippen LogP contribution in [0.2, 0.25) is 0 Å². The summed E-state index contributed by atoms with van der Waals surface area (Å²) in [6.07, 6.45) is 7.17. The molecule has 1 aliphatic carbocycles. The van der Waals surface area contributed by atoms with Gasteiger partial charge in [0.1, 0.15) is 11.6 Å². The van der Waals surface area contributed by atoms with Crippen LogP contribution in [0.1, 0.15) is 31.5 Å². The van der Waals surface area contributed by atoms with Crippen molar-refractivity contribution in [1.82, 2.24) is 9.97 Å². The van der Waals surface area contributed by atoms with Gasteiger partial charge in [0, 0.05) is 0 Å². The number of imidazole rings is 1. The van der Waals surface area contributed by atoms with Crippen LogP contribution in [0.5, 0.6) is 5.75 Å². The number of hydrogen-bond acceptors (Lipinski definition) is 3. The smallest absolute Gasteiger partial charge is 0.120 e. The summed E-state index contributed by atoms with van der Waals surface area (Å²) in [6.45, 7) is 0.433. The molecule has 0 saturated heterocycles. The van der Waals surface area contributed by atoms with Gasteiger partial charge < -0.3 is 15.5 Å². The topological polar surface area (TPSA) is 63.9 Å². The van der Waals surface area contributed by atoms with Gasteiger partial charge in [0.15, 0.2) is 0 Å². The van der Waals surface area contributed by atoms with Crippen LogP contribution in [0.3, 0.4) is 0 Å². The van der Waals surface area contributed by atoms with Gasteiger partial charge in [-0.3, -0.25) is 0 Å². The molecule has 4 nitrogen and oxygen atoms in total. The molecular weight excluding hydrogens is 238 g/mol. The molecule has 0 spiro atoms. The summed E-state index contributed by atoms with van der Waals surface area (Å²) in [6, 6.07) is 8.16. The third kappa shape index (κ3) is 2.79. The molecule has 1 saturated carbocycles. The van der Waals surface area contributed by atoms with Crippen molar-refractivity contribution in [2.75, 3.05) is 0 Å². The van der Waals surface area contributed by atoms with Crippen LogP contribution in [0, 0.1) is 0 Å². The van der Waals surface area contributed by atoms with Crippen LogP contribution in [-0.4, -0.2) is 16.1 Å². The van der Waals surface area contributed by atoms with Crippen LogP contribution in [0.25, 0.3) is 11.3 Å². The fourth-order valence-electron chi connectivity index (χ4n) is 2.52. The number of aromatic amines is 1. The van der Waals surface area contributed by atoms with E-state index in [0.717, 1.165) is 22.8 Å². The number of hydrogen-bond donors (Lipinski definition) is 2. The average molecular weight is 257 g/mol. The zero-order valence-corrected chi connectivity index (χ0v) is 10.9. The van der Waals surface area contributed by atoms with Gasteiger partial charge in [-0.15, -0.1) is 0 Å². The van der Waals surface area contributed by atoms with Crippen molar-refractivity contribution in [3.05, 3.63) is 36.3 Å². The Bertz CT molecular complexity index is 527. The quantitative estimate of drug-likeness (QED) is 0.885. The molecular formula is C15H19N3O. The maximum absolute atomic E-state index is 5.95. The first kappa shape index (κ1) is 12.2. The first-order valence-corrected chi connectivity index (χ1v) is 6.86. The van der Waals surface area contributed by atoms with Gasteiger partial charge >= 0.3 is 0 Å². The number of aromatic nitrogens is 2. The highest BCUT2D eigenvalue weighted by atomic mass is 16.5. The molecule has 2 aromatic rings. The van der Waals surface area contributed by atoms with Crippen molar-refractivity contribution in [3.63, 3.8) is 0 Å². The van der Waals surface area contributed by atoms with Crippen molar-refractivity contribution >= 4 is 0 Å². The Morgan fingerprint density at radius 1 is 1.21 bits per heavy atom. The first-order chi connectivity index (χ1) is 9.35. The highest BCUT2D eigenvalue weighted by Gasteiger charge is 2.16. The number of ether oxygens (including phenoxy) is 1. The normalized spacial score (nSPS) is 15.8.